The Morgan fingerprint density at radius 2 is 2.05 bits per heavy atom. The molecule has 1 saturated heterocycles. The standard InChI is InChI=1S/C15H21N5S/c1-3-19-8-10-20(11-9-19)14-7-5-4-6-13(14)18-15(21-2)17-12-16/h4-7H,3,8-11H2,1-2H3,(H,17,18). The van der Waals surface area contributed by atoms with Crippen LogP contribution in [0.15, 0.2) is 29.3 Å². The fourth-order valence-electron chi connectivity index (χ4n) is 2.41. The second-order valence-electron chi connectivity index (χ2n) is 4.77. The number of nitrogens with zero attached hydrogens (tertiary/aromatic N) is 4. The first-order valence-corrected chi connectivity index (χ1v) is 8.35. The molecule has 0 radical (unpaired) electrons. The molecule has 0 amide bonds. The van der Waals surface area contributed by atoms with Crippen LogP contribution in [0.1, 0.15) is 6.92 Å². The van der Waals surface area contributed by atoms with Crippen LogP contribution in [-0.4, -0.2) is 49.0 Å². The molecule has 1 aliphatic heterocycles. The van der Waals surface area contributed by atoms with Crippen molar-refractivity contribution in [2.24, 2.45) is 4.99 Å². The van der Waals surface area contributed by atoms with E-state index in [1.807, 2.05) is 30.6 Å². The zero-order valence-electron chi connectivity index (χ0n) is 12.5. The van der Waals surface area contributed by atoms with E-state index in [2.05, 4.69) is 33.1 Å². The number of likely N-dealkylation sites (N-methyl/N-ethyl adjacent to an activating group) is 1. The third-order valence-corrected chi connectivity index (χ3v) is 4.20. The van der Waals surface area contributed by atoms with Gasteiger partial charge in [0.1, 0.15) is 0 Å². The molecule has 112 valence electrons. The second-order valence-corrected chi connectivity index (χ2v) is 5.56. The summed E-state index contributed by atoms with van der Waals surface area (Å²) in [7, 11) is 0. The van der Waals surface area contributed by atoms with Crippen molar-refractivity contribution in [3.63, 3.8) is 0 Å². The Labute approximate surface area is 130 Å². The maximum absolute atomic E-state index is 8.75. The lowest BCUT2D eigenvalue weighted by Crippen LogP contribution is -2.46. The van der Waals surface area contributed by atoms with Crippen LogP contribution < -0.4 is 10.2 Å². The van der Waals surface area contributed by atoms with Crippen LogP contribution in [0.25, 0.3) is 0 Å². The van der Waals surface area contributed by atoms with Gasteiger partial charge in [-0.25, -0.2) is 4.99 Å². The highest BCUT2D eigenvalue weighted by molar-refractivity contribution is 8.13. The van der Waals surface area contributed by atoms with Gasteiger partial charge in [-0.3, -0.25) is 5.32 Å². The van der Waals surface area contributed by atoms with E-state index in [1.54, 1.807) is 0 Å². The summed E-state index contributed by atoms with van der Waals surface area (Å²) in [4.78, 5) is 9.39. The zero-order chi connectivity index (χ0) is 15.1. The highest BCUT2D eigenvalue weighted by Gasteiger charge is 2.18. The number of aliphatic imine (C=N–C) groups is 1. The van der Waals surface area contributed by atoms with E-state index < -0.39 is 0 Å². The van der Waals surface area contributed by atoms with Crippen molar-refractivity contribution in [2.45, 2.75) is 6.92 Å². The van der Waals surface area contributed by atoms with E-state index in [4.69, 9.17) is 5.26 Å². The molecule has 2 rings (SSSR count). The zero-order valence-corrected chi connectivity index (χ0v) is 13.4. The number of anilines is 1. The van der Waals surface area contributed by atoms with Crippen molar-refractivity contribution in [1.29, 1.82) is 5.26 Å². The number of piperazine rings is 1. The molecule has 0 unspecified atom stereocenters. The number of benzene rings is 1. The largest absolute Gasteiger partial charge is 0.367 e. The maximum atomic E-state index is 8.75. The quantitative estimate of drug-likeness (QED) is 0.402. The minimum atomic E-state index is 0.622. The van der Waals surface area contributed by atoms with Gasteiger partial charge >= 0.3 is 0 Å². The molecule has 0 atom stereocenters. The molecule has 0 bridgehead atoms. The minimum Gasteiger partial charge on any atom is -0.367 e. The monoisotopic (exact) mass is 303 g/mol. The molecular formula is C15H21N5S. The predicted octanol–water partition coefficient (Wildman–Crippen LogP) is 2.25. The fourth-order valence-corrected chi connectivity index (χ4v) is 2.75. The van der Waals surface area contributed by atoms with Crippen LogP contribution in [0.2, 0.25) is 0 Å². The third-order valence-electron chi connectivity index (χ3n) is 3.62. The molecule has 0 aliphatic carbocycles. The van der Waals surface area contributed by atoms with E-state index in [1.165, 1.54) is 11.8 Å². The van der Waals surface area contributed by atoms with Crippen LogP contribution in [0.3, 0.4) is 0 Å². The van der Waals surface area contributed by atoms with Gasteiger partial charge in [-0.1, -0.05) is 30.8 Å². The number of amidine groups is 1. The topological polar surface area (TPSA) is 54.7 Å². The van der Waals surface area contributed by atoms with E-state index >= 15 is 0 Å². The summed E-state index contributed by atoms with van der Waals surface area (Å²) in [6, 6.07) is 8.12. The normalized spacial score (nSPS) is 16.6. The lowest BCUT2D eigenvalue weighted by molar-refractivity contribution is 0.271. The van der Waals surface area contributed by atoms with Gasteiger partial charge < -0.3 is 9.80 Å². The molecule has 5 nitrogen and oxygen atoms in total. The molecule has 6 heteroatoms. The molecule has 1 aromatic carbocycles. The molecule has 1 aromatic rings. The Kier molecular flexibility index (Phi) is 5.90. The van der Waals surface area contributed by atoms with Crippen molar-refractivity contribution in [3.8, 4) is 6.19 Å². The first-order valence-electron chi connectivity index (χ1n) is 7.12. The Morgan fingerprint density at radius 1 is 1.33 bits per heavy atom. The summed E-state index contributed by atoms with van der Waals surface area (Å²) in [6.07, 6.45) is 3.84. The van der Waals surface area contributed by atoms with Crippen LogP contribution in [-0.2, 0) is 0 Å². The molecule has 0 spiro atoms. The first-order chi connectivity index (χ1) is 10.3. The van der Waals surface area contributed by atoms with Crippen LogP contribution >= 0.6 is 11.8 Å². The highest BCUT2D eigenvalue weighted by atomic mass is 32.2. The molecule has 21 heavy (non-hydrogen) atoms. The summed E-state index contributed by atoms with van der Waals surface area (Å²) < 4.78 is 0. The van der Waals surface area contributed by atoms with Gasteiger partial charge in [-0.05, 0) is 24.9 Å². The molecule has 1 fully saturated rings. The maximum Gasteiger partial charge on any atom is 0.183 e. The van der Waals surface area contributed by atoms with E-state index in [-0.39, 0.29) is 0 Å². The molecule has 0 aromatic heterocycles. The number of para-hydroxylation sites is 2. The number of rotatable bonds is 3. The van der Waals surface area contributed by atoms with Gasteiger partial charge in [0.2, 0.25) is 0 Å². The van der Waals surface area contributed by atoms with Crippen molar-refractivity contribution in [3.05, 3.63) is 24.3 Å². The minimum absolute atomic E-state index is 0.622. The Morgan fingerprint density at radius 3 is 2.67 bits per heavy atom. The Hall–Kier alpha value is -1.71. The number of hydrogen-bond acceptors (Lipinski definition) is 5. The number of thioether (sulfide) groups is 1. The van der Waals surface area contributed by atoms with Crippen molar-refractivity contribution >= 4 is 28.3 Å². The number of nitrogens with one attached hydrogen (secondary N) is 1. The average molecular weight is 303 g/mol. The van der Waals surface area contributed by atoms with Crippen LogP contribution in [0, 0.1) is 11.5 Å². The SMILES string of the molecule is CCN1CCN(c2ccccc2N=C(NC#N)SC)CC1. The molecule has 1 heterocycles. The van der Waals surface area contributed by atoms with Crippen molar-refractivity contribution in [2.75, 3.05) is 43.9 Å². The van der Waals surface area contributed by atoms with Crippen molar-refractivity contribution in [1.82, 2.24) is 10.2 Å². The van der Waals surface area contributed by atoms with E-state index in [0.717, 1.165) is 44.1 Å². The Bertz CT molecular complexity index is 529. The van der Waals surface area contributed by atoms with E-state index in [9.17, 15) is 0 Å². The molecule has 1 N–H and O–H groups in total. The van der Waals surface area contributed by atoms with Crippen molar-refractivity contribution < 1.29 is 0 Å². The summed E-state index contributed by atoms with van der Waals surface area (Å²) in [5, 5.41) is 12.0. The Balaban J connectivity index is 2.19. The summed E-state index contributed by atoms with van der Waals surface area (Å²) in [5.74, 6) is 0. The van der Waals surface area contributed by atoms with Gasteiger partial charge in [0.15, 0.2) is 11.4 Å². The summed E-state index contributed by atoms with van der Waals surface area (Å²) in [6.45, 7) is 7.50. The van der Waals surface area contributed by atoms with Crippen LogP contribution in [0.5, 0.6) is 0 Å². The molecular weight excluding hydrogens is 282 g/mol. The molecule has 1 aliphatic rings. The summed E-state index contributed by atoms with van der Waals surface area (Å²) >= 11 is 1.44. The van der Waals surface area contributed by atoms with Gasteiger partial charge in [-0.2, -0.15) is 5.26 Å². The lowest BCUT2D eigenvalue weighted by Gasteiger charge is -2.36. The predicted molar refractivity (Wildman–Crippen MR) is 90.1 cm³/mol. The number of hydrogen-bond donors (Lipinski definition) is 1. The second kappa shape index (κ2) is 7.91. The summed E-state index contributed by atoms with van der Waals surface area (Å²) in [5.41, 5.74) is 2.05. The van der Waals surface area contributed by atoms with Crippen LogP contribution in [0.4, 0.5) is 11.4 Å². The van der Waals surface area contributed by atoms with Gasteiger partial charge in [0.05, 0.1) is 11.4 Å². The van der Waals surface area contributed by atoms with Gasteiger partial charge in [0.25, 0.3) is 0 Å². The first kappa shape index (κ1) is 15.7. The number of nitriles is 1. The lowest BCUT2D eigenvalue weighted by atomic mass is 10.2. The molecule has 0 saturated carbocycles. The average Bonchev–Trinajstić information content (AvgIpc) is 2.55. The van der Waals surface area contributed by atoms with E-state index in [0.29, 0.717) is 5.17 Å². The fraction of sp³-hybridized carbons (Fsp3) is 0.467. The highest BCUT2D eigenvalue weighted by Crippen LogP contribution is 2.29. The van der Waals surface area contributed by atoms with Gasteiger partial charge in [-0.15, -0.1) is 0 Å². The van der Waals surface area contributed by atoms with Gasteiger partial charge in [0, 0.05) is 26.2 Å². The smallest absolute Gasteiger partial charge is 0.183 e. The third kappa shape index (κ3) is 4.13.